The third-order valence-electron chi connectivity index (χ3n) is 2.77. The number of rotatable bonds is 3. The van der Waals surface area contributed by atoms with E-state index in [2.05, 4.69) is 15.5 Å². The number of nitrogens with one attached hydrogen (secondary N) is 1. The van der Waals surface area contributed by atoms with E-state index in [9.17, 15) is 13.6 Å². The van der Waals surface area contributed by atoms with Gasteiger partial charge in [-0.1, -0.05) is 11.3 Å². The lowest BCUT2D eigenvalue weighted by Crippen LogP contribution is -2.12. The summed E-state index contributed by atoms with van der Waals surface area (Å²) < 4.78 is 25.8. The first-order valence-electron chi connectivity index (χ1n) is 5.73. The molecule has 7 heteroatoms. The van der Waals surface area contributed by atoms with Gasteiger partial charge in [-0.2, -0.15) is 0 Å². The molecule has 1 aliphatic rings. The maximum atomic E-state index is 13.0. The largest absolute Gasteiger partial charge is 0.296 e. The van der Waals surface area contributed by atoms with E-state index in [4.69, 9.17) is 0 Å². The highest BCUT2D eigenvalue weighted by Crippen LogP contribution is 2.42. The Kier molecular flexibility index (Phi) is 2.98. The van der Waals surface area contributed by atoms with Crippen molar-refractivity contribution < 1.29 is 13.6 Å². The van der Waals surface area contributed by atoms with E-state index in [1.165, 1.54) is 17.4 Å². The molecule has 3 rings (SSSR count). The number of benzene rings is 1. The van der Waals surface area contributed by atoms with E-state index in [0.717, 1.165) is 30.0 Å². The van der Waals surface area contributed by atoms with Crippen molar-refractivity contribution in [3.8, 4) is 0 Å². The molecule has 1 fully saturated rings. The molecule has 19 heavy (non-hydrogen) atoms. The second kappa shape index (κ2) is 4.65. The number of amides is 1. The minimum Gasteiger partial charge on any atom is -0.296 e. The number of aromatic nitrogens is 2. The van der Waals surface area contributed by atoms with Crippen molar-refractivity contribution in [1.29, 1.82) is 0 Å². The predicted octanol–water partition coefficient (Wildman–Crippen LogP) is 2.95. The predicted molar refractivity (Wildman–Crippen MR) is 66.2 cm³/mol. The maximum absolute atomic E-state index is 13.0. The van der Waals surface area contributed by atoms with Gasteiger partial charge in [-0.15, -0.1) is 10.2 Å². The van der Waals surface area contributed by atoms with Crippen LogP contribution in [-0.2, 0) is 0 Å². The van der Waals surface area contributed by atoms with Gasteiger partial charge in [0.1, 0.15) is 5.01 Å². The first kappa shape index (κ1) is 12.2. The first-order chi connectivity index (χ1) is 9.13. The number of hydrogen-bond acceptors (Lipinski definition) is 4. The number of anilines is 1. The minimum atomic E-state index is -1.05. The fourth-order valence-electron chi connectivity index (χ4n) is 1.59. The minimum absolute atomic E-state index is 0.0436. The van der Waals surface area contributed by atoms with Crippen LogP contribution in [0.3, 0.4) is 0 Å². The van der Waals surface area contributed by atoms with Crippen LogP contribution in [0.5, 0.6) is 0 Å². The van der Waals surface area contributed by atoms with Gasteiger partial charge in [0, 0.05) is 11.5 Å². The molecule has 1 saturated carbocycles. The van der Waals surface area contributed by atoms with Gasteiger partial charge in [0.15, 0.2) is 11.6 Å². The van der Waals surface area contributed by atoms with Crippen LogP contribution in [0, 0.1) is 11.6 Å². The Balaban J connectivity index is 1.74. The molecular formula is C12H9F2N3OS. The highest BCUT2D eigenvalue weighted by molar-refractivity contribution is 7.15. The van der Waals surface area contributed by atoms with Crippen LogP contribution in [0.15, 0.2) is 18.2 Å². The summed E-state index contributed by atoms with van der Waals surface area (Å²) in [5.74, 6) is -2.10. The summed E-state index contributed by atoms with van der Waals surface area (Å²) in [6.45, 7) is 0. The van der Waals surface area contributed by atoms with Gasteiger partial charge in [0.2, 0.25) is 5.13 Å². The van der Waals surface area contributed by atoms with E-state index in [0.29, 0.717) is 11.0 Å². The van der Waals surface area contributed by atoms with Gasteiger partial charge in [0.05, 0.1) is 0 Å². The molecule has 0 aliphatic heterocycles. The standard InChI is InChI=1S/C12H9F2N3OS/c13-8-4-3-7(5-9(8)14)10(18)15-12-17-16-11(19-12)6-1-2-6/h3-6H,1-2H2,(H,15,17,18). The topological polar surface area (TPSA) is 54.9 Å². The van der Waals surface area contributed by atoms with Crippen molar-refractivity contribution in [1.82, 2.24) is 10.2 Å². The Labute approximate surface area is 111 Å². The Morgan fingerprint density at radius 1 is 1.26 bits per heavy atom. The zero-order chi connectivity index (χ0) is 13.4. The Hall–Kier alpha value is -1.89. The number of hydrogen-bond donors (Lipinski definition) is 1. The summed E-state index contributed by atoms with van der Waals surface area (Å²) in [6, 6.07) is 2.99. The molecule has 0 spiro atoms. The smallest absolute Gasteiger partial charge is 0.257 e. The third kappa shape index (κ3) is 2.60. The molecule has 1 aromatic carbocycles. The average molecular weight is 281 g/mol. The molecule has 98 valence electrons. The van der Waals surface area contributed by atoms with Crippen LogP contribution in [0.4, 0.5) is 13.9 Å². The van der Waals surface area contributed by atoms with Crippen LogP contribution in [0.1, 0.15) is 34.1 Å². The zero-order valence-electron chi connectivity index (χ0n) is 9.69. The molecule has 4 nitrogen and oxygen atoms in total. The molecule has 1 heterocycles. The summed E-state index contributed by atoms with van der Waals surface area (Å²) in [4.78, 5) is 11.8. The fraction of sp³-hybridized carbons (Fsp3) is 0.250. The van der Waals surface area contributed by atoms with Crippen molar-refractivity contribution >= 4 is 22.4 Å². The number of nitrogens with zero attached hydrogens (tertiary/aromatic N) is 2. The second-order valence-electron chi connectivity index (χ2n) is 4.30. The summed E-state index contributed by atoms with van der Waals surface area (Å²) in [5.41, 5.74) is 0.0436. The molecule has 1 aliphatic carbocycles. The fourth-order valence-corrected chi connectivity index (χ4v) is 2.49. The molecule has 0 unspecified atom stereocenters. The van der Waals surface area contributed by atoms with Crippen molar-refractivity contribution in [2.75, 3.05) is 5.32 Å². The summed E-state index contributed by atoms with van der Waals surface area (Å²) in [7, 11) is 0. The Bertz CT molecular complexity index is 640. The van der Waals surface area contributed by atoms with Crippen molar-refractivity contribution in [3.05, 3.63) is 40.4 Å². The zero-order valence-corrected chi connectivity index (χ0v) is 10.5. The van der Waals surface area contributed by atoms with Crippen LogP contribution < -0.4 is 5.32 Å². The molecule has 1 aromatic heterocycles. The lowest BCUT2D eigenvalue weighted by Gasteiger charge is -2.01. The number of carbonyl (C=O) groups is 1. The van der Waals surface area contributed by atoms with Crippen molar-refractivity contribution in [2.24, 2.45) is 0 Å². The van der Waals surface area contributed by atoms with Crippen molar-refractivity contribution in [2.45, 2.75) is 18.8 Å². The normalized spacial score (nSPS) is 14.4. The van der Waals surface area contributed by atoms with Crippen LogP contribution >= 0.6 is 11.3 Å². The van der Waals surface area contributed by atoms with Crippen LogP contribution in [0.25, 0.3) is 0 Å². The van der Waals surface area contributed by atoms with E-state index in [-0.39, 0.29) is 5.56 Å². The molecule has 2 aromatic rings. The molecule has 1 amide bonds. The van der Waals surface area contributed by atoms with Gasteiger partial charge < -0.3 is 0 Å². The van der Waals surface area contributed by atoms with Gasteiger partial charge in [-0.25, -0.2) is 8.78 Å². The summed E-state index contributed by atoms with van der Waals surface area (Å²) >= 11 is 1.31. The highest BCUT2D eigenvalue weighted by atomic mass is 32.1. The average Bonchev–Trinajstić information content (AvgIpc) is 3.14. The molecule has 0 saturated heterocycles. The number of halogens is 2. The highest BCUT2D eigenvalue weighted by Gasteiger charge is 2.27. The van der Waals surface area contributed by atoms with E-state index < -0.39 is 17.5 Å². The monoisotopic (exact) mass is 281 g/mol. The molecule has 0 atom stereocenters. The van der Waals surface area contributed by atoms with E-state index in [1.807, 2.05) is 0 Å². The van der Waals surface area contributed by atoms with Gasteiger partial charge in [-0.05, 0) is 31.0 Å². The van der Waals surface area contributed by atoms with Gasteiger partial charge >= 0.3 is 0 Å². The molecule has 1 N–H and O–H groups in total. The molecular weight excluding hydrogens is 272 g/mol. The molecule has 0 bridgehead atoms. The van der Waals surface area contributed by atoms with E-state index in [1.54, 1.807) is 0 Å². The number of carbonyl (C=O) groups excluding carboxylic acids is 1. The Morgan fingerprint density at radius 3 is 2.74 bits per heavy atom. The van der Waals surface area contributed by atoms with Crippen LogP contribution in [-0.4, -0.2) is 16.1 Å². The summed E-state index contributed by atoms with van der Waals surface area (Å²) in [5, 5.41) is 11.6. The SMILES string of the molecule is O=C(Nc1nnc(C2CC2)s1)c1ccc(F)c(F)c1. The lowest BCUT2D eigenvalue weighted by molar-refractivity contribution is 0.102. The second-order valence-corrected chi connectivity index (χ2v) is 5.31. The maximum Gasteiger partial charge on any atom is 0.257 e. The van der Waals surface area contributed by atoms with Crippen LogP contribution in [0.2, 0.25) is 0 Å². The third-order valence-corrected chi connectivity index (χ3v) is 3.77. The lowest BCUT2D eigenvalue weighted by atomic mass is 10.2. The first-order valence-corrected chi connectivity index (χ1v) is 6.55. The van der Waals surface area contributed by atoms with E-state index >= 15 is 0 Å². The van der Waals surface area contributed by atoms with Gasteiger partial charge in [-0.3, -0.25) is 10.1 Å². The Morgan fingerprint density at radius 2 is 2.05 bits per heavy atom. The molecule has 0 radical (unpaired) electrons. The van der Waals surface area contributed by atoms with Gasteiger partial charge in [0.25, 0.3) is 5.91 Å². The quantitative estimate of drug-likeness (QED) is 0.941. The van der Waals surface area contributed by atoms with Crippen molar-refractivity contribution in [3.63, 3.8) is 0 Å². The summed E-state index contributed by atoms with van der Waals surface area (Å²) in [6.07, 6.45) is 2.21.